The van der Waals surface area contributed by atoms with E-state index in [0.29, 0.717) is 0 Å². The predicted octanol–water partition coefficient (Wildman–Crippen LogP) is 2.47. The number of carbonyl (C=O) groups is 2. The molecular weight excluding hydrogens is 248 g/mol. The van der Waals surface area contributed by atoms with E-state index in [1.807, 2.05) is 27.7 Å². The highest BCUT2D eigenvalue weighted by Gasteiger charge is 2.14. The third kappa shape index (κ3) is 10.5. The van der Waals surface area contributed by atoms with Crippen LogP contribution < -0.4 is 0 Å². The maximum Gasteiger partial charge on any atom is 0.308 e. The number of rotatable bonds is 8. The van der Waals surface area contributed by atoms with Gasteiger partial charge in [-0.05, 0) is 25.7 Å². The zero-order chi connectivity index (χ0) is 15.3. The molecule has 0 spiro atoms. The number of hydrogen-bond acceptors (Lipinski definition) is 4. The van der Waals surface area contributed by atoms with Crippen LogP contribution in [0.1, 0.15) is 53.4 Å². The molecular formula is C14H28O5. The zero-order valence-electron chi connectivity index (χ0n) is 12.5. The Hall–Kier alpha value is -1.10. The third-order valence-corrected chi connectivity index (χ3v) is 2.99. The lowest BCUT2D eigenvalue weighted by Gasteiger charge is -2.10. The highest BCUT2D eigenvalue weighted by Crippen LogP contribution is 2.09. The summed E-state index contributed by atoms with van der Waals surface area (Å²) in [6.45, 7) is 7.72. The monoisotopic (exact) mass is 276 g/mol. The second-order valence-corrected chi connectivity index (χ2v) is 4.26. The predicted molar refractivity (Wildman–Crippen MR) is 73.8 cm³/mol. The molecule has 0 aliphatic rings. The summed E-state index contributed by atoms with van der Waals surface area (Å²) in [5.74, 6) is -0.990. The van der Waals surface area contributed by atoms with Crippen molar-refractivity contribution < 1.29 is 24.5 Å². The van der Waals surface area contributed by atoms with Gasteiger partial charge in [0.25, 0.3) is 0 Å². The Balaban J connectivity index is 0. The van der Waals surface area contributed by atoms with Crippen LogP contribution in [-0.2, 0) is 14.3 Å². The molecule has 0 rings (SSSR count). The summed E-state index contributed by atoms with van der Waals surface area (Å²) in [4.78, 5) is 21.2. The Morgan fingerprint density at radius 2 is 1.37 bits per heavy atom. The van der Waals surface area contributed by atoms with E-state index in [1.54, 1.807) is 0 Å². The molecule has 0 aromatic rings. The van der Waals surface area contributed by atoms with E-state index in [4.69, 9.17) is 14.9 Å². The fourth-order valence-corrected chi connectivity index (χ4v) is 1.52. The van der Waals surface area contributed by atoms with E-state index in [9.17, 15) is 9.59 Å². The van der Waals surface area contributed by atoms with Gasteiger partial charge in [0.05, 0.1) is 18.4 Å². The second kappa shape index (κ2) is 13.3. The summed E-state index contributed by atoms with van der Waals surface area (Å²) in [5, 5.41) is 16.7. The fourth-order valence-electron chi connectivity index (χ4n) is 1.52. The van der Waals surface area contributed by atoms with Crippen molar-refractivity contribution in [1.82, 2.24) is 0 Å². The van der Waals surface area contributed by atoms with E-state index >= 15 is 0 Å². The molecule has 0 fully saturated rings. The molecule has 114 valence electrons. The van der Waals surface area contributed by atoms with Gasteiger partial charge in [-0.25, -0.2) is 0 Å². The van der Waals surface area contributed by atoms with Gasteiger partial charge in [0.1, 0.15) is 6.61 Å². The van der Waals surface area contributed by atoms with Gasteiger partial charge < -0.3 is 14.9 Å². The van der Waals surface area contributed by atoms with Crippen molar-refractivity contribution in [1.29, 1.82) is 0 Å². The first kappa shape index (κ1) is 20.2. The van der Waals surface area contributed by atoms with Gasteiger partial charge in [0, 0.05) is 0 Å². The SMILES string of the molecule is CCC(CC)C(=O)O.CCC(CC)C(=O)OCCO. The largest absolute Gasteiger partial charge is 0.481 e. The average molecular weight is 276 g/mol. The van der Waals surface area contributed by atoms with Crippen LogP contribution in [0.2, 0.25) is 0 Å². The molecule has 0 amide bonds. The number of hydrogen-bond donors (Lipinski definition) is 2. The summed E-state index contributed by atoms with van der Waals surface area (Å²) < 4.78 is 4.75. The van der Waals surface area contributed by atoms with Crippen LogP contribution in [-0.4, -0.2) is 35.4 Å². The van der Waals surface area contributed by atoms with Crippen molar-refractivity contribution >= 4 is 11.9 Å². The van der Waals surface area contributed by atoms with E-state index in [2.05, 4.69) is 0 Å². The normalized spacial score (nSPS) is 10.1. The van der Waals surface area contributed by atoms with Crippen LogP contribution in [0.15, 0.2) is 0 Å². The Morgan fingerprint density at radius 3 is 1.58 bits per heavy atom. The molecule has 5 heteroatoms. The number of carboxylic acid groups (broad SMARTS) is 1. The number of carbonyl (C=O) groups excluding carboxylic acids is 1. The Kier molecular flexibility index (Phi) is 14.2. The van der Waals surface area contributed by atoms with E-state index in [0.717, 1.165) is 25.7 Å². The molecule has 0 atom stereocenters. The number of aliphatic hydroxyl groups is 1. The second-order valence-electron chi connectivity index (χ2n) is 4.26. The van der Waals surface area contributed by atoms with Gasteiger partial charge in [0.2, 0.25) is 0 Å². The Morgan fingerprint density at radius 1 is 0.947 bits per heavy atom. The molecule has 2 N–H and O–H groups in total. The molecule has 19 heavy (non-hydrogen) atoms. The summed E-state index contributed by atoms with van der Waals surface area (Å²) in [7, 11) is 0. The van der Waals surface area contributed by atoms with Crippen molar-refractivity contribution in [3.8, 4) is 0 Å². The molecule has 0 aliphatic heterocycles. The summed E-state index contributed by atoms with van der Waals surface area (Å²) >= 11 is 0. The average Bonchev–Trinajstić information content (AvgIpc) is 2.39. The molecule has 0 saturated carbocycles. The summed E-state index contributed by atoms with van der Waals surface area (Å²) in [6, 6.07) is 0. The standard InChI is InChI=1S/C8H16O3.C6H12O2/c1-3-7(4-2)8(10)11-6-5-9;1-3-5(4-2)6(7)8/h7,9H,3-6H2,1-2H3;5H,3-4H2,1-2H3,(H,7,8). The Labute approximate surface area is 116 Å². The smallest absolute Gasteiger partial charge is 0.308 e. The lowest BCUT2D eigenvalue weighted by Crippen LogP contribution is -2.17. The lowest BCUT2D eigenvalue weighted by atomic mass is 10.0. The van der Waals surface area contributed by atoms with Crippen molar-refractivity contribution in [2.75, 3.05) is 13.2 Å². The van der Waals surface area contributed by atoms with Gasteiger partial charge in [-0.1, -0.05) is 27.7 Å². The number of ether oxygens (including phenoxy) is 1. The van der Waals surface area contributed by atoms with Gasteiger partial charge in [0.15, 0.2) is 0 Å². The van der Waals surface area contributed by atoms with Crippen molar-refractivity contribution in [3.63, 3.8) is 0 Å². The fraction of sp³-hybridized carbons (Fsp3) is 0.857. The molecule has 0 unspecified atom stereocenters. The quantitative estimate of drug-likeness (QED) is 0.665. The maximum atomic E-state index is 11.0. The van der Waals surface area contributed by atoms with E-state index in [-0.39, 0.29) is 31.0 Å². The van der Waals surface area contributed by atoms with Gasteiger partial charge in [-0.2, -0.15) is 0 Å². The third-order valence-electron chi connectivity index (χ3n) is 2.99. The molecule has 0 aliphatic carbocycles. The molecule has 5 nitrogen and oxygen atoms in total. The number of carboxylic acids is 1. The lowest BCUT2D eigenvalue weighted by molar-refractivity contribution is -0.149. The summed E-state index contributed by atoms with van der Waals surface area (Å²) in [6.07, 6.45) is 3.10. The van der Waals surface area contributed by atoms with Crippen LogP contribution in [0.4, 0.5) is 0 Å². The highest BCUT2D eigenvalue weighted by atomic mass is 16.5. The molecule has 0 radical (unpaired) electrons. The van der Waals surface area contributed by atoms with E-state index < -0.39 is 5.97 Å². The van der Waals surface area contributed by atoms with E-state index in [1.165, 1.54) is 0 Å². The van der Waals surface area contributed by atoms with Gasteiger partial charge in [-0.15, -0.1) is 0 Å². The van der Waals surface area contributed by atoms with Crippen molar-refractivity contribution in [3.05, 3.63) is 0 Å². The van der Waals surface area contributed by atoms with Crippen molar-refractivity contribution in [2.45, 2.75) is 53.4 Å². The topological polar surface area (TPSA) is 83.8 Å². The highest BCUT2D eigenvalue weighted by molar-refractivity contribution is 5.72. The van der Waals surface area contributed by atoms with Crippen LogP contribution in [0.25, 0.3) is 0 Å². The van der Waals surface area contributed by atoms with Crippen LogP contribution in [0.3, 0.4) is 0 Å². The number of esters is 1. The molecule has 0 aromatic heterocycles. The maximum absolute atomic E-state index is 11.0. The van der Waals surface area contributed by atoms with Crippen LogP contribution in [0, 0.1) is 11.8 Å². The minimum Gasteiger partial charge on any atom is -0.481 e. The minimum absolute atomic E-state index is 0.00144. The molecule has 0 aromatic carbocycles. The van der Waals surface area contributed by atoms with Gasteiger partial charge in [-0.3, -0.25) is 9.59 Å². The van der Waals surface area contributed by atoms with Crippen LogP contribution in [0.5, 0.6) is 0 Å². The molecule has 0 saturated heterocycles. The summed E-state index contributed by atoms with van der Waals surface area (Å²) in [5.41, 5.74) is 0. The molecule has 0 heterocycles. The Bertz CT molecular complexity index is 232. The van der Waals surface area contributed by atoms with Gasteiger partial charge >= 0.3 is 11.9 Å². The first-order chi connectivity index (χ1) is 8.98. The van der Waals surface area contributed by atoms with Crippen molar-refractivity contribution in [2.24, 2.45) is 11.8 Å². The number of aliphatic carboxylic acids is 1. The minimum atomic E-state index is -0.671. The first-order valence-electron chi connectivity index (χ1n) is 6.98. The zero-order valence-corrected chi connectivity index (χ0v) is 12.5. The van der Waals surface area contributed by atoms with Crippen LogP contribution >= 0.6 is 0 Å². The molecule has 0 bridgehead atoms. The first-order valence-corrected chi connectivity index (χ1v) is 6.98. The number of aliphatic hydroxyl groups excluding tert-OH is 1.